The minimum atomic E-state index is -0.493. The Morgan fingerprint density at radius 2 is 1.92 bits per heavy atom. The Hall–Kier alpha value is -3.28. The van der Waals surface area contributed by atoms with Crippen molar-refractivity contribution in [3.63, 3.8) is 0 Å². The molecule has 3 rings (SSSR count). The minimum absolute atomic E-state index is 0.0539. The molecule has 0 aliphatic heterocycles. The summed E-state index contributed by atoms with van der Waals surface area (Å²) >= 11 is 0. The summed E-state index contributed by atoms with van der Waals surface area (Å²) in [6.45, 7) is 2.27. The molecule has 3 aromatic rings. The summed E-state index contributed by atoms with van der Waals surface area (Å²) in [5, 5.41) is 0. The summed E-state index contributed by atoms with van der Waals surface area (Å²) in [7, 11) is 1.54. The number of rotatable bonds is 7. The number of carbonyl (C=O) groups excluding carboxylic acids is 1. The first-order chi connectivity index (χ1) is 12.7. The summed E-state index contributed by atoms with van der Waals surface area (Å²) in [6, 6.07) is 14.5. The van der Waals surface area contributed by atoms with E-state index in [-0.39, 0.29) is 6.61 Å². The number of carbonyl (C=O) groups is 1. The second-order valence-electron chi connectivity index (χ2n) is 5.36. The van der Waals surface area contributed by atoms with Gasteiger partial charge < -0.3 is 18.6 Å². The van der Waals surface area contributed by atoms with E-state index in [0.717, 1.165) is 5.56 Å². The molecule has 1 heterocycles. The van der Waals surface area contributed by atoms with Gasteiger partial charge in [-0.15, -0.1) is 0 Å². The van der Waals surface area contributed by atoms with Crippen LogP contribution in [-0.4, -0.2) is 24.7 Å². The van der Waals surface area contributed by atoms with E-state index in [1.807, 2.05) is 37.3 Å². The molecule has 6 heteroatoms. The lowest BCUT2D eigenvalue weighted by molar-refractivity contribution is 0.0438. The summed E-state index contributed by atoms with van der Waals surface area (Å²) in [5.74, 6) is 1.51. The van der Waals surface area contributed by atoms with Gasteiger partial charge in [-0.1, -0.05) is 30.3 Å². The maximum Gasteiger partial charge on any atom is 0.338 e. The molecule has 1 aromatic heterocycles. The Morgan fingerprint density at radius 1 is 1.12 bits per heavy atom. The smallest absolute Gasteiger partial charge is 0.338 e. The van der Waals surface area contributed by atoms with Crippen LogP contribution in [0.3, 0.4) is 0 Å². The van der Waals surface area contributed by atoms with Crippen LogP contribution in [0.1, 0.15) is 23.2 Å². The van der Waals surface area contributed by atoms with Crippen molar-refractivity contribution in [2.24, 2.45) is 0 Å². The van der Waals surface area contributed by atoms with Crippen LogP contribution in [-0.2, 0) is 11.3 Å². The van der Waals surface area contributed by atoms with Crippen LogP contribution < -0.4 is 9.47 Å². The second kappa shape index (κ2) is 8.20. The van der Waals surface area contributed by atoms with Crippen molar-refractivity contribution in [1.82, 2.24) is 4.98 Å². The number of nitrogens with zero attached hydrogens (tertiary/aromatic N) is 1. The van der Waals surface area contributed by atoms with Gasteiger partial charge in [0.2, 0.25) is 5.89 Å². The zero-order valence-electron chi connectivity index (χ0n) is 14.6. The van der Waals surface area contributed by atoms with Gasteiger partial charge in [-0.3, -0.25) is 0 Å². The topological polar surface area (TPSA) is 70.8 Å². The van der Waals surface area contributed by atoms with Crippen molar-refractivity contribution in [2.45, 2.75) is 13.5 Å². The highest BCUT2D eigenvalue weighted by atomic mass is 16.5. The lowest BCUT2D eigenvalue weighted by atomic mass is 10.2. The molecular formula is C20H19NO5. The van der Waals surface area contributed by atoms with Crippen LogP contribution in [0.2, 0.25) is 0 Å². The summed E-state index contributed by atoms with van der Waals surface area (Å²) in [4.78, 5) is 16.4. The highest BCUT2D eigenvalue weighted by molar-refractivity contribution is 5.90. The largest absolute Gasteiger partial charge is 0.493 e. The Bertz CT molecular complexity index is 873. The highest BCUT2D eigenvalue weighted by Gasteiger charge is 2.14. The van der Waals surface area contributed by atoms with E-state index in [9.17, 15) is 4.79 Å². The maximum atomic E-state index is 12.3. The van der Waals surface area contributed by atoms with E-state index >= 15 is 0 Å². The highest BCUT2D eigenvalue weighted by Crippen LogP contribution is 2.28. The zero-order chi connectivity index (χ0) is 18.4. The lowest BCUT2D eigenvalue weighted by Gasteiger charge is -2.10. The van der Waals surface area contributed by atoms with E-state index in [2.05, 4.69) is 4.98 Å². The monoisotopic (exact) mass is 353 g/mol. The Morgan fingerprint density at radius 3 is 2.65 bits per heavy atom. The molecule has 0 amide bonds. The van der Waals surface area contributed by atoms with Crippen molar-refractivity contribution >= 4 is 5.97 Å². The predicted molar refractivity (Wildman–Crippen MR) is 95.2 cm³/mol. The molecule has 0 saturated heterocycles. The number of ether oxygens (including phenoxy) is 3. The SMILES string of the molecule is CCOc1cc(C(=O)OCc2ncc(-c3ccccc3)o2)ccc1OC. The van der Waals surface area contributed by atoms with Crippen LogP contribution in [0.15, 0.2) is 59.1 Å². The third-order valence-corrected chi connectivity index (χ3v) is 3.64. The van der Waals surface area contributed by atoms with Crippen LogP contribution in [0.5, 0.6) is 11.5 Å². The zero-order valence-corrected chi connectivity index (χ0v) is 14.6. The first-order valence-corrected chi connectivity index (χ1v) is 8.19. The molecule has 0 aliphatic carbocycles. The molecule has 134 valence electrons. The second-order valence-corrected chi connectivity index (χ2v) is 5.36. The average molecular weight is 353 g/mol. The fraction of sp³-hybridized carbons (Fsp3) is 0.200. The summed E-state index contributed by atoms with van der Waals surface area (Å²) in [5.41, 5.74) is 1.28. The van der Waals surface area contributed by atoms with Gasteiger partial charge in [-0.25, -0.2) is 9.78 Å². The summed E-state index contributed by atoms with van der Waals surface area (Å²) in [6.07, 6.45) is 1.61. The molecule has 0 spiro atoms. The van der Waals surface area contributed by atoms with Gasteiger partial charge in [0.25, 0.3) is 0 Å². The van der Waals surface area contributed by atoms with Crippen molar-refractivity contribution in [3.05, 3.63) is 66.2 Å². The van der Waals surface area contributed by atoms with Gasteiger partial charge in [0.1, 0.15) is 0 Å². The Balaban J connectivity index is 1.66. The molecule has 0 bridgehead atoms. The Kier molecular flexibility index (Phi) is 5.53. The molecule has 0 N–H and O–H groups in total. The molecule has 0 radical (unpaired) electrons. The van der Waals surface area contributed by atoms with Gasteiger partial charge in [0, 0.05) is 5.56 Å². The third kappa shape index (κ3) is 4.03. The number of hydrogen-bond acceptors (Lipinski definition) is 6. The molecule has 0 atom stereocenters. The molecule has 2 aromatic carbocycles. The fourth-order valence-electron chi connectivity index (χ4n) is 2.40. The number of esters is 1. The summed E-state index contributed by atoms with van der Waals surface area (Å²) < 4.78 is 21.6. The predicted octanol–water partition coefficient (Wildman–Crippen LogP) is 4.11. The Labute approximate surface area is 151 Å². The van der Waals surface area contributed by atoms with Gasteiger partial charge in [-0.05, 0) is 25.1 Å². The van der Waals surface area contributed by atoms with Gasteiger partial charge in [-0.2, -0.15) is 0 Å². The number of aromatic nitrogens is 1. The first-order valence-electron chi connectivity index (χ1n) is 8.19. The molecule has 6 nitrogen and oxygen atoms in total. The average Bonchev–Trinajstić information content (AvgIpc) is 3.16. The van der Waals surface area contributed by atoms with E-state index < -0.39 is 5.97 Å². The van der Waals surface area contributed by atoms with Crippen molar-refractivity contribution < 1.29 is 23.4 Å². The maximum absolute atomic E-state index is 12.3. The van der Waals surface area contributed by atoms with Crippen LogP contribution in [0, 0.1) is 0 Å². The van der Waals surface area contributed by atoms with Gasteiger partial charge in [0.05, 0.1) is 25.5 Å². The standard InChI is InChI=1S/C20H19NO5/c1-3-24-17-11-15(9-10-16(17)23-2)20(22)25-13-19-21-12-18(26-19)14-7-5-4-6-8-14/h4-12H,3,13H2,1-2H3. The van der Waals surface area contributed by atoms with Crippen molar-refractivity contribution in [3.8, 4) is 22.8 Å². The number of hydrogen-bond donors (Lipinski definition) is 0. The number of oxazole rings is 1. The molecular weight excluding hydrogens is 334 g/mol. The van der Waals surface area contributed by atoms with E-state index in [4.69, 9.17) is 18.6 Å². The van der Waals surface area contributed by atoms with Gasteiger partial charge in [0.15, 0.2) is 23.9 Å². The van der Waals surface area contributed by atoms with E-state index in [1.54, 1.807) is 31.5 Å². The lowest BCUT2D eigenvalue weighted by Crippen LogP contribution is -2.06. The number of benzene rings is 2. The molecule has 0 saturated carbocycles. The van der Waals surface area contributed by atoms with Crippen LogP contribution in [0.4, 0.5) is 0 Å². The molecule has 0 aliphatic rings. The third-order valence-electron chi connectivity index (χ3n) is 3.64. The molecule has 0 unspecified atom stereocenters. The van der Waals surface area contributed by atoms with Crippen molar-refractivity contribution in [1.29, 1.82) is 0 Å². The van der Waals surface area contributed by atoms with Crippen LogP contribution >= 0.6 is 0 Å². The molecule has 0 fully saturated rings. The van der Waals surface area contributed by atoms with E-state index in [0.29, 0.717) is 35.3 Å². The minimum Gasteiger partial charge on any atom is -0.493 e. The normalized spacial score (nSPS) is 10.4. The van der Waals surface area contributed by atoms with E-state index in [1.165, 1.54) is 0 Å². The quantitative estimate of drug-likeness (QED) is 0.596. The van der Waals surface area contributed by atoms with Crippen molar-refractivity contribution in [2.75, 3.05) is 13.7 Å². The fourth-order valence-corrected chi connectivity index (χ4v) is 2.40. The van der Waals surface area contributed by atoms with Crippen LogP contribution in [0.25, 0.3) is 11.3 Å². The first kappa shape index (κ1) is 17.5. The molecule has 26 heavy (non-hydrogen) atoms. The van der Waals surface area contributed by atoms with Gasteiger partial charge >= 0.3 is 5.97 Å². The number of methoxy groups -OCH3 is 1.